The maximum absolute atomic E-state index is 2.45. The average Bonchev–Trinajstić information content (AvgIpc) is 2.36. The Hall–Kier alpha value is -0.310. The van der Waals surface area contributed by atoms with Gasteiger partial charge in [0.25, 0.3) is 0 Å². The second-order valence-corrected chi connectivity index (χ2v) is 5.65. The van der Waals surface area contributed by atoms with Gasteiger partial charge in [-0.15, -0.1) is 0 Å². The Morgan fingerprint density at radius 2 is 1.88 bits per heavy atom. The van der Waals surface area contributed by atoms with Gasteiger partial charge in [-0.05, 0) is 55.4 Å². The monoisotopic (exact) mass is 342 g/mol. The van der Waals surface area contributed by atoms with Crippen molar-refractivity contribution >= 4 is 22.6 Å². The molecule has 0 spiro atoms. The first kappa shape index (κ1) is 14.7. The van der Waals surface area contributed by atoms with Crippen molar-refractivity contribution in [3.8, 4) is 0 Å². The summed E-state index contributed by atoms with van der Waals surface area (Å²) >= 11 is 2.45. The molecule has 0 bridgehead atoms. The minimum absolute atomic E-state index is 1.22. The molecule has 1 heteroatoms. The van der Waals surface area contributed by atoms with Crippen LogP contribution in [-0.2, 0) is 6.42 Å². The molecule has 0 heterocycles. The summed E-state index contributed by atoms with van der Waals surface area (Å²) in [6.07, 6.45) is 10.1. The molecule has 0 aliphatic heterocycles. The maximum Gasteiger partial charge on any atom is -0.000178 e. The summed E-state index contributed by atoms with van der Waals surface area (Å²) in [6, 6.07) is 10.8. The molecule has 0 saturated carbocycles. The molecule has 17 heavy (non-hydrogen) atoms. The Labute approximate surface area is 120 Å². The van der Waals surface area contributed by atoms with Crippen molar-refractivity contribution in [3.05, 3.63) is 47.5 Å². The topological polar surface area (TPSA) is 0 Å². The molecule has 0 amide bonds. The van der Waals surface area contributed by atoms with E-state index in [9.17, 15) is 0 Å². The molecule has 0 aliphatic rings. The lowest BCUT2D eigenvalue weighted by atomic mass is 10.0. The van der Waals surface area contributed by atoms with E-state index in [4.69, 9.17) is 0 Å². The Balaban J connectivity index is 2.09. The minimum atomic E-state index is 1.22. The Morgan fingerprint density at radius 3 is 2.59 bits per heavy atom. The number of hydrogen-bond donors (Lipinski definition) is 0. The van der Waals surface area contributed by atoms with Gasteiger partial charge in [0.2, 0.25) is 0 Å². The third-order valence-electron chi connectivity index (χ3n) is 2.96. The molecule has 0 aliphatic carbocycles. The standard InChI is InChI=1S/C16H23I/c1-15(10-7-8-14-17)9-5-6-13-16-11-3-2-4-12-16/h2-4,10-12H,5-9,13-14H2,1H3. The van der Waals surface area contributed by atoms with Gasteiger partial charge in [-0.3, -0.25) is 0 Å². The highest BCUT2D eigenvalue weighted by atomic mass is 127. The summed E-state index contributed by atoms with van der Waals surface area (Å²) in [6.45, 7) is 2.27. The largest absolute Gasteiger partial charge is 0.0864 e. The molecule has 0 atom stereocenters. The molecule has 1 rings (SSSR count). The number of hydrogen-bond acceptors (Lipinski definition) is 0. The first-order valence-electron chi connectivity index (χ1n) is 6.58. The highest BCUT2D eigenvalue weighted by molar-refractivity contribution is 14.1. The zero-order valence-corrected chi connectivity index (χ0v) is 12.9. The predicted molar refractivity (Wildman–Crippen MR) is 85.9 cm³/mol. The fourth-order valence-corrected chi connectivity index (χ4v) is 2.35. The number of unbranched alkanes of at least 4 members (excludes halogenated alkanes) is 2. The minimum Gasteiger partial charge on any atom is -0.0864 e. The highest BCUT2D eigenvalue weighted by Gasteiger charge is 1.94. The van der Waals surface area contributed by atoms with E-state index in [2.05, 4.69) is 65.9 Å². The third kappa shape index (κ3) is 7.58. The fourth-order valence-electron chi connectivity index (χ4n) is 1.91. The van der Waals surface area contributed by atoms with Crippen LogP contribution in [0.2, 0.25) is 0 Å². The molecule has 1 aromatic carbocycles. The van der Waals surface area contributed by atoms with Gasteiger partial charge in [0.15, 0.2) is 0 Å². The zero-order chi connectivity index (χ0) is 12.3. The van der Waals surface area contributed by atoms with Crippen molar-refractivity contribution in [1.82, 2.24) is 0 Å². The molecular formula is C16H23I. The molecular weight excluding hydrogens is 319 g/mol. The first-order valence-corrected chi connectivity index (χ1v) is 8.11. The Morgan fingerprint density at radius 1 is 1.12 bits per heavy atom. The van der Waals surface area contributed by atoms with Gasteiger partial charge in [-0.25, -0.2) is 0 Å². The van der Waals surface area contributed by atoms with Crippen LogP contribution in [0.15, 0.2) is 42.0 Å². The molecule has 0 unspecified atom stereocenters. The molecule has 1 aromatic rings. The highest BCUT2D eigenvalue weighted by Crippen LogP contribution is 2.11. The summed E-state index contributed by atoms with van der Waals surface area (Å²) in [7, 11) is 0. The van der Waals surface area contributed by atoms with Crippen molar-refractivity contribution in [2.24, 2.45) is 0 Å². The van der Waals surface area contributed by atoms with Gasteiger partial charge in [-0.1, -0.05) is 64.6 Å². The quantitative estimate of drug-likeness (QED) is 0.251. The molecule has 0 nitrogen and oxygen atoms in total. The van der Waals surface area contributed by atoms with Gasteiger partial charge in [0.1, 0.15) is 0 Å². The second-order valence-electron chi connectivity index (χ2n) is 4.57. The summed E-state index contributed by atoms with van der Waals surface area (Å²) < 4.78 is 1.27. The summed E-state index contributed by atoms with van der Waals surface area (Å²) in [5.74, 6) is 0. The van der Waals surface area contributed by atoms with Crippen molar-refractivity contribution in [2.75, 3.05) is 4.43 Å². The van der Waals surface area contributed by atoms with Crippen LogP contribution in [0.25, 0.3) is 0 Å². The van der Waals surface area contributed by atoms with E-state index < -0.39 is 0 Å². The van der Waals surface area contributed by atoms with E-state index in [1.807, 2.05) is 0 Å². The van der Waals surface area contributed by atoms with Crippen molar-refractivity contribution < 1.29 is 0 Å². The number of rotatable bonds is 8. The predicted octanol–water partition coefficient (Wildman–Crippen LogP) is 5.56. The van der Waals surface area contributed by atoms with E-state index in [1.54, 1.807) is 5.57 Å². The van der Waals surface area contributed by atoms with Crippen LogP contribution in [0.5, 0.6) is 0 Å². The number of benzene rings is 1. The van der Waals surface area contributed by atoms with E-state index in [1.165, 1.54) is 48.5 Å². The average molecular weight is 342 g/mol. The number of aryl methyl sites for hydroxylation is 1. The van der Waals surface area contributed by atoms with Crippen molar-refractivity contribution in [3.63, 3.8) is 0 Å². The van der Waals surface area contributed by atoms with Crippen molar-refractivity contribution in [2.45, 2.75) is 45.4 Å². The first-order chi connectivity index (χ1) is 8.33. The number of alkyl halides is 1. The Bertz CT molecular complexity index is 314. The molecule has 94 valence electrons. The van der Waals surface area contributed by atoms with Crippen LogP contribution < -0.4 is 0 Å². The van der Waals surface area contributed by atoms with Gasteiger partial charge in [-0.2, -0.15) is 0 Å². The molecule has 0 N–H and O–H groups in total. The van der Waals surface area contributed by atoms with E-state index in [0.717, 1.165) is 0 Å². The van der Waals surface area contributed by atoms with Crippen LogP contribution in [0, 0.1) is 0 Å². The van der Waals surface area contributed by atoms with E-state index in [-0.39, 0.29) is 0 Å². The van der Waals surface area contributed by atoms with E-state index >= 15 is 0 Å². The smallest absolute Gasteiger partial charge is 0.000178 e. The number of allylic oxidation sites excluding steroid dienone is 2. The lowest BCUT2D eigenvalue weighted by molar-refractivity contribution is 0.726. The zero-order valence-electron chi connectivity index (χ0n) is 10.8. The third-order valence-corrected chi connectivity index (χ3v) is 3.72. The Kier molecular flexibility index (Phi) is 8.41. The second kappa shape index (κ2) is 9.69. The van der Waals surface area contributed by atoms with Gasteiger partial charge >= 0.3 is 0 Å². The lowest BCUT2D eigenvalue weighted by Gasteiger charge is -2.03. The van der Waals surface area contributed by atoms with Crippen molar-refractivity contribution in [1.29, 1.82) is 0 Å². The van der Waals surface area contributed by atoms with Gasteiger partial charge in [0.05, 0.1) is 0 Å². The maximum atomic E-state index is 2.45. The summed E-state index contributed by atoms with van der Waals surface area (Å²) in [5.41, 5.74) is 3.04. The summed E-state index contributed by atoms with van der Waals surface area (Å²) in [4.78, 5) is 0. The SMILES string of the molecule is CC(=CCCCI)CCCCc1ccccc1. The van der Waals surface area contributed by atoms with E-state index in [0.29, 0.717) is 0 Å². The van der Waals surface area contributed by atoms with Gasteiger partial charge < -0.3 is 0 Å². The van der Waals surface area contributed by atoms with Gasteiger partial charge in [0, 0.05) is 0 Å². The fraction of sp³-hybridized carbons (Fsp3) is 0.500. The van der Waals surface area contributed by atoms with Crippen LogP contribution >= 0.6 is 22.6 Å². The van der Waals surface area contributed by atoms with Crippen LogP contribution in [0.1, 0.15) is 44.6 Å². The molecule has 0 saturated heterocycles. The lowest BCUT2D eigenvalue weighted by Crippen LogP contribution is -1.86. The van der Waals surface area contributed by atoms with Crippen LogP contribution in [0.3, 0.4) is 0 Å². The summed E-state index contributed by atoms with van der Waals surface area (Å²) in [5, 5.41) is 0. The molecule has 0 radical (unpaired) electrons. The van der Waals surface area contributed by atoms with Crippen LogP contribution in [0.4, 0.5) is 0 Å². The van der Waals surface area contributed by atoms with Crippen LogP contribution in [-0.4, -0.2) is 4.43 Å². The normalized spacial score (nSPS) is 11.8. The molecule has 0 aromatic heterocycles. The molecule has 0 fully saturated rings. The number of halogens is 1.